The topological polar surface area (TPSA) is 76.5 Å². The monoisotopic (exact) mass is 193 g/mol. The van der Waals surface area contributed by atoms with Gasteiger partial charge in [0.2, 0.25) is 0 Å². The first-order valence-corrected chi connectivity index (χ1v) is 4.47. The maximum absolute atomic E-state index is 8.48. The van der Waals surface area contributed by atoms with E-state index in [0.29, 0.717) is 19.6 Å². The van der Waals surface area contributed by atoms with Gasteiger partial charge in [-0.05, 0) is 0 Å². The number of hydrogen-bond donors (Lipinski definition) is 3. The summed E-state index contributed by atoms with van der Waals surface area (Å²) in [5, 5.41) is 25.5. The summed E-state index contributed by atoms with van der Waals surface area (Å²) >= 11 is 0. The maximum Gasteiger partial charge on any atom is 0.0701 e. The minimum absolute atomic E-state index is 0.0694. The van der Waals surface area contributed by atoms with E-state index in [4.69, 9.17) is 15.3 Å². The number of aliphatic hydroxyl groups excluding tert-OH is 3. The summed E-state index contributed by atoms with van der Waals surface area (Å²) in [6.45, 7) is 3.75. The van der Waals surface area contributed by atoms with Gasteiger partial charge in [-0.1, -0.05) is 0 Å². The van der Waals surface area contributed by atoms with Crippen LogP contribution in [0.5, 0.6) is 0 Å². The molecule has 1 heterocycles. The molecule has 0 amide bonds. The van der Waals surface area contributed by atoms with Crippen LogP contribution in [0, 0.1) is 0 Å². The fourth-order valence-electron chi connectivity index (χ4n) is 0.760. The Labute approximate surface area is 78.5 Å². The summed E-state index contributed by atoms with van der Waals surface area (Å²) in [5.74, 6) is 0. The van der Waals surface area contributed by atoms with E-state index in [1.807, 2.05) is 0 Å². The Kier molecular flexibility index (Phi) is 9.73. The zero-order valence-corrected chi connectivity index (χ0v) is 7.85. The van der Waals surface area contributed by atoms with E-state index in [1.54, 1.807) is 4.90 Å². The molecule has 3 N–H and O–H groups in total. The molecule has 1 aliphatic rings. The maximum atomic E-state index is 8.48. The first kappa shape index (κ1) is 12.8. The second-order valence-corrected chi connectivity index (χ2v) is 2.62. The second-order valence-electron chi connectivity index (χ2n) is 2.62. The van der Waals surface area contributed by atoms with E-state index >= 15 is 0 Å². The summed E-state index contributed by atoms with van der Waals surface area (Å²) < 4.78 is 4.50. The van der Waals surface area contributed by atoms with Crippen molar-refractivity contribution in [3.8, 4) is 0 Å². The molecule has 1 saturated heterocycles. The van der Waals surface area contributed by atoms with Crippen LogP contribution in [0.3, 0.4) is 0 Å². The number of aliphatic hydroxyl groups is 3. The summed E-state index contributed by atoms with van der Waals surface area (Å²) in [5.41, 5.74) is 0. The molecule has 1 fully saturated rings. The zero-order valence-electron chi connectivity index (χ0n) is 7.85. The Morgan fingerprint density at radius 1 is 0.846 bits per heavy atom. The van der Waals surface area contributed by atoms with Gasteiger partial charge in [-0.3, -0.25) is 4.90 Å². The third-order valence-electron chi connectivity index (χ3n) is 1.45. The average molecular weight is 193 g/mol. The molecule has 0 aliphatic carbocycles. The van der Waals surface area contributed by atoms with Gasteiger partial charge >= 0.3 is 0 Å². The lowest BCUT2D eigenvalue weighted by molar-refractivity contribution is 0.136. The summed E-state index contributed by atoms with van der Waals surface area (Å²) in [6.07, 6.45) is 0. The molecule has 0 aromatic rings. The molecule has 0 aromatic heterocycles. The molecule has 0 aromatic carbocycles. The molecule has 5 heteroatoms. The Hall–Kier alpha value is -0.200. The molecular formula is C8H19NO4. The lowest BCUT2D eigenvalue weighted by atomic mass is 10.4. The molecule has 0 bridgehead atoms. The predicted molar refractivity (Wildman–Crippen MR) is 48.5 cm³/mol. The quantitative estimate of drug-likeness (QED) is 0.438. The van der Waals surface area contributed by atoms with Crippen molar-refractivity contribution in [1.29, 1.82) is 0 Å². The van der Waals surface area contributed by atoms with Crippen molar-refractivity contribution in [3.63, 3.8) is 0 Å². The smallest absolute Gasteiger partial charge is 0.0701 e. The number of epoxide rings is 1. The molecule has 5 nitrogen and oxygen atoms in total. The van der Waals surface area contributed by atoms with Crippen LogP contribution < -0.4 is 0 Å². The Balaban J connectivity index is 0.000000396. The molecule has 13 heavy (non-hydrogen) atoms. The predicted octanol–water partition coefficient (Wildman–Crippen LogP) is -1.72. The Bertz CT molecular complexity index is 83.1. The highest BCUT2D eigenvalue weighted by Gasteiger charge is 2.00. The van der Waals surface area contributed by atoms with Gasteiger partial charge in [0.05, 0.1) is 33.0 Å². The van der Waals surface area contributed by atoms with Crippen LogP contribution in [0.1, 0.15) is 0 Å². The van der Waals surface area contributed by atoms with Gasteiger partial charge < -0.3 is 20.1 Å². The van der Waals surface area contributed by atoms with Gasteiger partial charge in [0.1, 0.15) is 0 Å². The SMILES string of the molecule is C1CO1.OCCN(CCO)CCO. The Morgan fingerprint density at radius 2 is 1.15 bits per heavy atom. The molecule has 1 aliphatic heterocycles. The van der Waals surface area contributed by atoms with Crippen LogP contribution >= 0.6 is 0 Å². The third-order valence-corrected chi connectivity index (χ3v) is 1.45. The lowest BCUT2D eigenvalue weighted by Crippen LogP contribution is -2.32. The van der Waals surface area contributed by atoms with Gasteiger partial charge in [-0.15, -0.1) is 0 Å². The highest BCUT2D eigenvalue weighted by molar-refractivity contribution is 4.54. The molecule has 0 radical (unpaired) electrons. The summed E-state index contributed by atoms with van der Waals surface area (Å²) in [4.78, 5) is 1.79. The Morgan fingerprint density at radius 3 is 1.31 bits per heavy atom. The molecule has 0 unspecified atom stereocenters. The van der Waals surface area contributed by atoms with Crippen molar-refractivity contribution in [1.82, 2.24) is 4.90 Å². The molecule has 80 valence electrons. The van der Waals surface area contributed by atoms with E-state index in [9.17, 15) is 0 Å². The first-order chi connectivity index (χ1) is 6.35. The minimum Gasteiger partial charge on any atom is -0.395 e. The van der Waals surface area contributed by atoms with Crippen LogP contribution in [0.2, 0.25) is 0 Å². The molecular weight excluding hydrogens is 174 g/mol. The molecule has 0 saturated carbocycles. The first-order valence-electron chi connectivity index (χ1n) is 4.47. The van der Waals surface area contributed by atoms with Gasteiger partial charge in [0.25, 0.3) is 0 Å². The van der Waals surface area contributed by atoms with E-state index in [0.717, 1.165) is 13.2 Å². The highest BCUT2D eigenvalue weighted by atomic mass is 16.6. The van der Waals surface area contributed by atoms with Crippen LogP contribution in [0.4, 0.5) is 0 Å². The fraction of sp³-hybridized carbons (Fsp3) is 1.00. The van der Waals surface area contributed by atoms with E-state index in [1.165, 1.54) is 0 Å². The van der Waals surface area contributed by atoms with Crippen LogP contribution in [-0.2, 0) is 4.74 Å². The van der Waals surface area contributed by atoms with Crippen molar-refractivity contribution in [2.24, 2.45) is 0 Å². The van der Waals surface area contributed by atoms with E-state index < -0.39 is 0 Å². The molecule has 0 atom stereocenters. The fourth-order valence-corrected chi connectivity index (χ4v) is 0.760. The van der Waals surface area contributed by atoms with Crippen molar-refractivity contribution in [3.05, 3.63) is 0 Å². The largest absolute Gasteiger partial charge is 0.395 e. The summed E-state index contributed by atoms with van der Waals surface area (Å²) in [7, 11) is 0. The van der Waals surface area contributed by atoms with Crippen molar-refractivity contribution in [2.75, 3.05) is 52.7 Å². The van der Waals surface area contributed by atoms with Crippen LogP contribution in [0.15, 0.2) is 0 Å². The number of rotatable bonds is 6. The van der Waals surface area contributed by atoms with Crippen LogP contribution in [0.25, 0.3) is 0 Å². The highest BCUT2D eigenvalue weighted by Crippen LogP contribution is 1.85. The van der Waals surface area contributed by atoms with Gasteiger partial charge in [-0.2, -0.15) is 0 Å². The normalized spacial score (nSPS) is 13.8. The van der Waals surface area contributed by atoms with Gasteiger partial charge in [0, 0.05) is 19.6 Å². The number of hydrogen-bond acceptors (Lipinski definition) is 5. The van der Waals surface area contributed by atoms with Gasteiger partial charge in [-0.25, -0.2) is 0 Å². The number of nitrogens with zero attached hydrogens (tertiary/aromatic N) is 1. The van der Waals surface area contributed by atoms with Gasteiger partial charge in [0.15, 0.2) is 0 Å². The van der Waals surface area contributed by atoms with Crippen molar-refractivity contribution < 1.29 is 20.1 Å². The molecule has 0 spiro atoms. The third kappa shape index (κ3) is 11.8. The van der Waals surface area contributed by atoms with E-state index in [-0.39, 0.29) is 19.8 Å². The average Bonchev–Trinajstić information content (AvgIpc) is 2.91. The second kappa shape index (κ2) is 9.88. The van der Waals surface area contributed by atoms with E-state index in [2.05, 4.69) is 4.74 Å². The summed E-state index contributed by atoms with van der Waals surface area (Å²) in [6, 6.07) is 0. The zero-order chi connectivity index (χ0) is 9.94. The van der Waals surface area contributed by atoms with Crippen molar-refractivity contribution >= 4 is 0 Å². The standard InChI is InChI=1S/C6H15NO3.C2H4O/c8-4-1-7(2-5-9)3-6-10;1-2-3-1/h8-10H,1-6H2;1-2H2. The van der Waals surface area contributed by atoms with Crippen LogP contribution in [-0.4, -0.2) is 72.9 Å². The number of ether oxygens (including phenoxy) is 1. The molecule has 1 rings (SSSR count). The lowest BCUT2D eigenvalue weighted by Gasteiger charge is -2.17. The minimum atomic E-state index is 0.0694. The van der Waals surface area contributed by atoms with Crippen molar-refractivity contribution in [2.45, 2.75) is 0 Å².